The highest BCUT2D eigenvalue weighted by Crippen LogP contribution is 2.38. The first kappa shape index (κ1) is 21.1. The summed E-state index contributed by atoms with van der Waals surface area (Å²) in [4.78, 5) is 10.2. The molecule has 1 fully saturated rings. The first-order valence-corrected chi connectivity index (χ1v) is 12.4. The maximum Gasteiger partial charge on any atom is 0.326 e. The van der Waals surface area contributed by atoms with Crippen molar-refractivity contribution in [3.8, 4) is 11.1 Å². The summed E-state index contributed by atoms with van der Waals surface area (Å²) in [5.74, 6) is 0.923. The van der Waals surface area contributed by atoms with E-state index in [0.717, 1.165) is 17.3 Å². The minimum atomic E-state index is 0.562. The Balaban J connectivity index is 1.70. The molecule has 0 radical (unpaired) electrons. The van der Waals surface area contributed by atoms with Crippen molar-refractivity contribution in [1.82, 2.24) is 4.98 Å². The summed E-state index contributed by atoms with van der Waals surface area (Å²) in [6.07, 6.45) is 12.1. The van der Waals surface area contributed by atoms with E-state index in [-0.39, 0.29) is 0 Å². The molecule has 2 N–H and O–H groups in total. The van der Waals surface area contributed by atoms with Gasteiger partial charge in [-0.1, -0.05) is 19.8 Å². The number of pyridine rings is 1. The summed E-state index contributed by atoms with van der Waals surface area (Å²) < 4.78 is 1.86. The molecular weight excluding hydrogens is 390 g/mol. The van der Waals surface area contributed by atoms with Crippen molar-refractivity contribution in [2.45, 2.75) is 63.3 Å². The molecule has 4 rings (SSSR count). The van der Waals surface area contributed by atoms with Crippen LogP contribution in [0.15, 0.2) is 41.4 Å². The third-order valence-electron chi connectivity index (χ3n) is 6.49. The largest absolute Gasteiger partial charge is 0.382 e. The van der Waals surface area contributed by atoms with Crippen LogP contribution in [0.3, 0.4) is 0 Å². The van der Waals surface area contributed by atoms with Gasteiger partial charge in [0, 0.05) is 34.7 Å². The fourth-order valence-corrected chi connectivity index (χ4v) is 5.39. The van der Waals surface area contributed by atoms with Gasteiger partial charge in [-0.2, -0.15) is 0 Å². The molecule has 1 aromatic carbocycles. The van der Waals surface area contributed by atoms with Gasteiger partial charge in [0.25, 0.3) is 0 Å². The van der Waals surface area contributed by atoms with E-state index in [4.69, 9.17) is 4.84 Å². The minimum Gasteiger partial charge on any atom is -0.382 e. The Kier molecular flexibility index (Phi) is 6.57. The predicted octanol–water partition coefficient (Wildman–Crippen LogP) is 5.98. The predicted molar refractivity (Wildman–Crippen MR) is 127 cm³/mol. The number of rotatable bonds is 7. The van der Waals surface area contributed by atoms with Crippen LogP contribution in [0.2, 0.25) is 0 Å². The molecule has 160 valence electrons. The zero-order valence-corrected chi connectivity index (χ0v) is 19.4. The Hall–Kier alpha value is -2.14. The Morgan fingerprint density at radius 2 is 1.93 bits per heavy atom. The average Bonchev–Trinajstić information content (AvgIpc) is 3.25. The van der Waals surface area contributed by atoms with Crippen LogP contribution in [0.25, 0.3) is 22.2 Å². The van der Waals surface area contributed by atoms with Crippen LogP contribution in [0, 0.1) is 12.8 Å². The van der Waals surface area contributed by atoms with Gasteiger partial charge in [-0.15, -0.1) is 11.8 Å². The van der Waals surface area contributed by atoms with Crippen LogP contribution >= 0.6 is 11.8 Å². The van der Waals surface area contributed by atoms with E-state index in [0.29, 0.717) is 6.04 Å². The number of hydrogen-bond acceptors (Lipinski definition) is 3. The molecule has 0 amide bonds. The summed E-state index contributed by atoms with van der Waals surface area (Å²) >= 11 is 1.79. The number of nitrogens with zero attached hydrogens (tertiary/aromatic N) is 1. The molecule has 0 spiro atoms. The van der Waals surface area contributed by atoms with Gasteiger partial charge >= 0.3 is 5.65 Å². The number of hydrogen-bond donors (Lipinski definition) is 2. The quantitative estimate of drug-likeness (QED) is 0.362. The molecule has 2 heterocycles. The van der Waals surface area contributed by atoms with Gasteiger partial charge in [0.2, 0.25) is 0 Å². The fourth-order valence-electron chi connectivity index (χ4n) is 4.95. The Morgan fingerprint density at radius 3 is 2.63 bits per heavy atom. The second-order valence-corrected chi connectivity index (χ2v) is 9.36. The molecule has 2 aromatic heterocycles. The highest BCUT2D eigenvalue weighted by molar-refractivity contribution is 7.98. The third-order valence-corrected chi connectivity index (χ3v) is 7.22. The smallest absolute Gasteiger partial charge is 0.326 e. The molecule has 0 saturated heterocycles. The molecule has 3 aromatic rings. The van der Waals surface area contributed by atoms with Crippen molar-refractivity contribution < 1.29 is 9.57 Å². The van der Waals surface area contributed by atoms with Crippen molar-refractivity contribution in [1.29, 1.82) is 0 Å². The van der Waals surface area contributed by atoms with Crippen LogP contribution in [-0.2, 0) is 0 Å². The van der Waals surface area contributed by atoms with Gasteiger partial charge in [0.1, 0.15) is 12.8 Å². The Labute approximate surface area is 184 Å². The van der Waals surface area contributed by atoms with Crippen LogP contribution in [0.4, 0.5) is 5.69 Å². The maximum atomic E-state index is 5.60. The van der Waals surface area contributed by atoms with E-state index >= 15 is 0 Å². The molecule has 0 atom stereocenters. The second-order valence-electron chi connectivity index (χ2n) is 8.48. The topological polar surface area (TPSA) is 40.9 Å². The monoisotopic (exact) mass is 424 g/mol. The Morgan fingerprint density at radius 1 is 1.13 bits per heavy atom. The van der Waals surface area contributed by atoms with Crippen molar-refractivity contribution in [3.05, 3.63) is 42.2 Å². The lowest BCUT2D eigenvalue weighted by Crippen LogP contribution is -2.44. The number of anilines is 1. The van der Waals surface area contributed by atoms with Crippen molar-refractivity contribution >= 4 is 28.5 Å². The number of aryl methyl sites for hydroxylation is 1. The van der Waals surface area contributed by atoms with Crippen molar-refractivity contribution in [2.24, 2.45) is 5.92 Å². The number of nitrogens with one attached hydrogen (secondary N) is 2. The highest BCUT2D eigenvalue weighted by atomic mass is 32.2. The molecular formula is C25H34N3OS+. The molecule has 1 aliphatic carbocycles. The van der Waals surface area contributed by atoms with E-state index in [1.165, 1.54) is 65.6 Å². The number of thioether (sulfide) groups is 1. The second kappa shape index (κ2) is 9.34. The molecule has 0 aliphatic heterocycles. The summed E-state index contributed by atoms with van der Waals surface area (Å²) in [6.45, 7) is 4.40. The van der Waals surface area contributed by atoms with E-state index < -0.39 is 0 Å². The van der Waals surface area contributed by atoms with Crippen molar-refractivity contribution in [3.63, 3.8) is 0 Å². The van der Waals surface area contributed by atoms with E-state index in [9.17, 15) is 0 Å². The molecule has 5 heteroatoms. The summed E-state index contributed by atoms with van der Waals surface area (Å²) in [5.41, 5.74) is 5.82. The zero-order valence-electron chi connectivity index (χ0n) is 18.6. The van der Waals surface area contributed by atoms with Crippen molar-refractivity contribution in [2.75, 3.05) is 18.7 Å². The van der Waals surface area contributed by atoms with Gasteiger partial charge < -0.3 is 10.2 Å². The number of fused-ring (bicyclic) bond motifs is 1. The highest BCUT2D eigenvalue weighted by Gasteiger charge is 2.23. The van der Waals surface area contributed by atoms with Crippen LogP contribution in [-0.4, -0.2) is 24.4 Å². The third kappa shape index (κ3) is 4.18. The number of H-pyrrole nitrogens is 1. The van der Waals surface area contributed by atoms with Gasteiger partial charge in [0.15, 0.2) is 0 Å². The molecule has 1 saturated carbocycles. The maximum absolute atomic E-state index is 5.60. The van der Waals surface area contributed by atoms with Crippen LogP contribution < -0.4 is 14.9 Å². The summed E-state index contributed by atoms with van der Waals surface area (Å²) in [5, 5.41) is 5.09. The lowest BCUT2D eigenvalue weighted by Gasteiger charge is -2.30. The molecule has 0 unspecified atom stereocenters. The molecule has 30 heavy (non-hydrogen) atoms. The first-order valence-electron chi connectivity index (χ1n) is 11.2. The Bertz CT molecular complexity index is 1010. The average molecular weight is 425 g/mol. The summed E-state index contributed by atoms with van der Waals surface area (Å²) in [6, 6.07) is 11.8. The lowest BCUT2D eigenvalue weighted by atomic mass is 9.83. The fraction of sp³-hybridized carbons (Fsp3) is 0.480. The van der Waals surface area contributed by atoms with Gasteiger partial charge in [-0.3, -0.25) is 0 Å². The molecule has 4 nitrogen and oxygen atoms in total. The van der Waals surface area contributed by atoms with E-state index in [1.807, 2.05) is 10.9 Å². The molecule has 1 aliphatic rings. The van der Waals surface area contributed by atoms with E-state index in [1.54, 1.807) is 18.9 Å². The number of benzene rings is 1. The molecule has 0 bridgehead atoms. The first-order chi connectivity index (χ1) is 14.6. The van der Waals surface area contributed by atoms with Crippen LogP contribution in [0.5, 0.6) is 0 Å². The SMILES string of the molecule is CCCC1CCC(Nc2ccc(SC)cc2-c2cc(C)[n+](OC)c3[nH]ccc23)CC1. The van der Waals surface area contributed by atoms with Crippen LogP contribution in [0.1, 0.15) is 51.1 Å². The number of aromatic nitrogens is 2. The van der Waals surface area contributed by atoms with Gasteiger partial charge in [-0.25, -0.2) is 4.98 Å². The minimum absolute atomic E-state index is 0.562. The normalized spacial score (nSPS) is 19.2. The number of aromatic amines is 1. The van der Waals surface area contributed by atoms with Gasteiger partial charge in [0.05, 0.1) is 11.6 Å². The zero-order chi connectivity index (χ0) is 21.1. The van der Waals surface area contributed by atoms with Gasteiger partial charge in [-0.05, 0) is 72.9 Å². The van der Waals surface area contributed by atoms with E-state index in [2.05, 4.69) is 60.7 Å². The lowest BCUT2D eigenvalue weighted by molar-refractivity contribution is -0.870. The standard InChI is InChI=1S/C25H33N3OS/c1-5-6-18-7-9-19(10-8-18)27-24-12-11-20(30-4)16-23(24)22-15-17(2)28(29-3)25-21(22)13-14-26-25/h11-16,18-19H,5-10H2,1-4H3,(H,26,27)/p+1. The summed E-state index contributed by atoms with van der Waals surface area (Å²) in [7, 11) is 1.71.